The van der Waals surface area contributed by atoms with Crippen molar-refractivity contribution in [3.63, 3.8) is 0 Å². The molecular weight excluding hydrogens is 380 g/mol. The van der Waals surface area contributed by atoms with Crippen LogP contribution in [-0.2, 0) is 0 Å². The lowest BCUT2D eigenvalue weighted by atomic mass is 10.2. The zero-order valence-electron chi connectivity index (χ0n) is 13.5. The summed E-state index contributed by atoms with van der Waals surface area (Å²) < 4.78 is 8.25. The molecule has 0 saturated carbocycles. The molecule has 4 rings (SSSR count). The van der Waals surface area contributed by atoms with E-state index < -0.39 is 0 Å². The molecule has 6 heteroatoms. The van der Waals surface area contributed by atoms with Gasteiger partial charge in [-0.05, 0) is 42.5 Å². The molecule has 2 aromatic heterocycles. The van der Waals surface area contributed by atoms with E-state index in [9.17, 15) is 0 Å². The van der Waals surface area contributed by atoms with Crippen LogP contribution >= 0.6 is 15.9 Å². The van der Waals surface area contributed by atoms with Crippen LogP contribution in [0.1, 0.15) is 0 Å². The molecule has 0 radical (unpaired) electrons. The van der Waals surface area contributed by atoms with Gasteiger partial charge in [0, 0.05) is 27.8 Å². The minimum atomic E-state index is 0.729. The molecule has 0 unspecified atom stereocenters. The van der Waals surface area contributed by atoms with E-state index in [0.29, 0.717) is 0 Å². The maximum Gasteiger partial charge on any atom is 0.142 e. The number of anilines is 2. The van der Waals surface area contributed by atoms with E-state index in [-0.39, 0.29) is 0 Å². The van der Waals surface area contributed by atoms with Crippen molar-refractivity contribution in [3.05, 3.63) is 71.6 Å². The van der Waals surface area contributed by atoms with E-state index >= 15 is 0 Å². The maximum atomic E-state index is 5.18. The average Bonchev–Trinajstić information content (AvgIpc) is 3.05. The Labute approximate surface area is 153 Å². The molecule has 2 aromatic carbocycles. The second-order valence-corrected chi connectivity index (χ2v) is 6.42. The average molecular weight is 395 g/mol. The summed E-state index contributed by atoms with van der Waals surface area (Å²) in [5, 5.41) is 4.45. The first-order valence-electron chi connectivity index (χ1n) is 7.73. The number of hydrogen-bond donors (Lipinski definition) is 1. The third-order valence-electron chi connectivity index (χ3n) is 3.92. The monoisotopic (exact) mass is 394 g/mol. The van der Waals surface area contributed by atoms with Gasteiger partial charge in [0.25, 0.3) is 0 Å². The standard InChI is InChI=1S/C19H15BrN4O/c1-25-16-6-4-15(5-7-16)23-18-11-19(22-12-21-18)24-9-8-13-2-3-14(20)10-17(13)24/h2-12H,1H3,(H,21,22,23). The fraction of sp³-hybridized carbons (Fsp3) is 0.0526. The van der Waals surface area contributed by atoms with E-state index in [2.05, 4.69) is 49.4 Å². The second-order valence-electron chi connectivity index (χ2n) is 5.50. The summed E-state index contributed by atoms with van der Waals surface area (Å²) in [6.07, 6.45) is 3.57. The Balaban J connectivity index is 1.67. The fourth-order valence-corrected chi connectivity index (χ4v) is 3.02. The molecule has 5 nitrogen and oxygen atoms in total. The molecule has 0 aliphatic carbocycles. The first-order valence-corrected chi connectivity index (χ1v) is 8.52. The fourth-order valence-electron chi connectivity index (χ4n) is 2.67. The van der Waals surface area contributed by atoms with Crippen molar-refractivity contribution < 1.29 is 4.74 Å². The summed E-state index contributed by atoms with van der Waals surface area (Å²) in [4.78, 5) is 8.72. The van der Waals surface area contributed by atoms with Gasteiger partial charge in [0.15, 0.2) is 0 Å². The number of aromatic nitrogens is 3. The van der Waals surface area contributed by atoms with Crippen LogP contribution in [0.3, 0.4) is 0 Å². The van der Waals surface area contributed by atoms with Crippen LogP contribution in [0.2, 0.25) is 0 Å². The van der Waals surface area contributed by atoms with Gasteiger partial charge in [-0.25, -0.2) is 9.97 Å². The predicted octanol–water partition coefficient (Wildman–Crippen LogP) is 4.94. The van der Waals surface area contributed by atoms with Crippen molar-refractivity contribution in [3.8, 4) is 11.6 Å². The van der Waals surface area contributed by atoms with Crippen molar-refractivity contribution in [2.24, 2.45) is 0 Å². The number of rotatable bonds is 4. The zero-order valence-corrected chi connectivity index (χ0v) is 15.1. The number of nitrogens with zero attached hydrogens (tertiary/aromatic N) is 3. The van der Waals surface area contributed by atoms with Crippen LogP contribution in [0.5, 0.6) is 5.75 Å². The second kappa shape index (κ2) is 6.57. The molecule has 1 N–H and O–H groups in total. The quantitative estimate of drug-likeness (QED) is 0.532. The van der Waals surface area contributed by atoms with Crippen LogP contribution in [0.25, 0.3) is 16.7 Å². The minimum absolute atomic E-state index is 0.729. The normalized spacial score (nSPS) is 10.8. The van der Waals surface area contributed by atoms with Gasteiger partial charge in [-0.3, -0.25) is 0 Å². The molecule has 4 aromatic rings. The van der Waals surface area contributed by atoms with Crippen LogP contribution in [-0.4, -0.2) is 21.6 Å². The Bertz CT molecular complexity index is 1030. The van der Waals surface area contributed by atoms with Crippen LogP contribution in [0.15, 0.2) is 71.6 Å². The van der Waals surface area contributed by atoms with Gasteiger partial charge >= 0.3 is 0 Å². The van der Waals surface area contributed by atoms with Crippen molar-refractivity contribution in [1.29, 1.82) is 0 Å². The highest BCUT2D eigenvalue weighted by Crippen LogP contribution is 2.25. The van der Waals surface area contributed by atoms with E-state index in [0.717, 1.165) is 38.4 Å². The summed E-state index contributed by atoms with van der Waals surface area (Å²) in [5.74, 6) is 2.35. The topological polar surface area (TPSA) is 52.0 Å². The summed E-state index contributed by atoms with van der Waals surface area (Å²) >= 11 is 3.53. The van der Waals surface area contributed by atoms with E-state index in [1.54, 1.807) is 13.4 Å². The van der Waals surface area contributed by atoms with Crippen molar-refractivity contribution in [2.45, 2.75) is 0 Å². The Morgan fingerprint density at radius 3 is 2.64 bits per heavy atom. The number of hydrogen-bond acceptors (Lipinski definition) is 4. The van der Waals surface area contributed by atoms with Gasteiger partial charge < -0.3 is 14.6 Å². The number of halogens is 1. The molecular formula is C19H15BrN4O. The summed E-state index contributed by atoms with van der Waals surface area (Å²) in [6.45, 7) is 0. The third-order valence-corrected chi connectivity index (χ3v) is 4.41. The molecule has 25 heavy (non-hydrogen) atoms. The Kier molecular flexibility index (Phi) is 4.11. The number of ether oxygens (including phenoxy) is 1. The number of benzene rings is 2. The molecule has 2 heterocycles. The Hall–Kier alpha value is -2.86. The van der Waals surface area contributed by atoms with Crippen LogP contribution < -0.4 is 10.1 Å². The summed E-state index contributed by atoms with van der Waals surface area (Å²) in [7, 11) is 1.65. The lowest BCUT2D eigenvalue weighted by Gasteiger charge is -2.09. The van der Waals surface area contributed by atoms with Crippen LogP contribution in [0.4, 0.5) is 11.5 Å². The van der Waals surface area contributed by atoms with Gasteiger partial charge in [-0.1, -0.05) is 22.0 Å². The van der Waals surface area contributed by atoms with Crippen molar-refractivity contribution >= 4 is 38.3 Å². The highest BCUT2D eigenvalue weighted by atomic mass is 79.9. The molecule has 0 bridgehead atoms. The third kappa shape index (κ3) is 3.21. The summed E-state index contributed by atoms with van der Waals surface area (Å²) in [6, 6.07) is 17.9. The highest BCUT2D eigenvalue weighted by molar-refractivity contribution is 9.10. The van der Waals surface area contributed by atoms with Gasteiger partial charge in [0.1, 0.15) is 23.7 Å². The molecule has 0 spiro atoms. The molecule has 124 valence electrons. The van der Waals surface area contributed by atoms with Crippen LogP contribution in [0, 0.1) is 0 Å². The van der Waals surface area contributed by atoms with Gasteiger partial charge in [-0.2, -0.15) is 0 Å². The van der Waals surface area contributed by atoms with E-state index in [1.807, 2.05) is 47.2 Å². The lowest BCUT2D eigenvalue weighted by molar-refractivity contribution is 0.415. The van der Waals surface area contributed by atoms with Gasteiger partial charge in [-0.15, -0.1) is 0 Å². The molecule has 0 atom stereocenters. The molecule has 0 saturated heterocycles. The number of nitrogens with one attached hydrogen (secondary N) is 1. The zero-order chi connectivity index (χ0) is 17.2. The highest BCUT2D eigenvalue weighted by Gasteiger charge is 2.07. The SMILES string of the molecule is COc1ccc(Nc2cc(-n3ccc4ccc(Br)cc43)ncn2)cc1. The smallest absolute Gasteiger partial charge is 0.142 e. The first kappa shape index (κ1) is 15.7. The largest absolute Gasteiger partial charge is 0.497 e. The minimum Gasteiger partial charge on any atom is -0.497 e. The Morgan fingerprint density at radius 2 is 1.84 bits per heavy atom. The van der Waals surface area contributed by atoms with Gasteiger partial charge in [0.2, 0.25) is 0 Å². The van der Waals surface area contributed by atoms with E-state index in [1.165, 1.54) is 0 Å². The summed E-state index contributed by atoms with van der Waals surface area (Å²) in [5.41, 5.74) is 2.02. The maximum absolute atomic E-state index is 5.18. The molecule has 0 fully saturated rings. The van der Waals surface area contributed by atoms with E-state index in [4.69, 9.17) is 4.74 Å². The Morgan fingerprint density at radius 1 is 1.00 bits per heavy atom. The number of methoxy groups -OCH3 is 1. The molecule has 0 aliphatic rings. The molecule has 0 amide bonds. The van der Waals surface area contributed by atoms with Crippen molar-refractivity contribution in [2.75, 3.05) is 12.4 Å². The molecule has 0 aliphatic heterocycles. The number of fused-ring (bicyclic) bond motifs is 1. The predicted molar refractivity (Wildman–Crippen MR) is 103 cm³/mol. The first-order chi connectivity index (χ1) is 12.2. The van der Waals surface area contributed by atoms with Gasteiger partial charge in [0.05, 0.1) is 12.6 Å². The lowest BCUT2D eigenvalue weighted by Crippen LogP contribution is -2.00. The van der Waals surface area contributed by atoms with Crippen molar-refractivity contribution in [1.82, 2.24) is 14.5 Å².